The van der Waals surface area contributed by atoms with Gasteiger partial charge in [-0.15, -0.1) is 0 Å². The highest BCUT2D eigenvalue weighted by atomic mass is 15.0. The standard InChI is InChI=1S/C16H21N3/c1-12-9-10-18-15(14(12)17)19-11-16(2,3)13-7-5-4-6-8-13/h4-10H,11,17H2,1-3H3,(H,18,19). The van der Waals surface area contributed by atoms with E-state index in [1.165, 1.54) is 5.56 Å². The van der Waals surface area contributed by atoms with Crippen LogP contribution in [0.1, 0.15) is 25.0 Å². The van der Waals surface area contributed by atoms with E-state index in [4.69, 9.17) is 5.73 Å². The molecule has 0 aliphatic rings. The number of nitrogens with one attached hydrogen (secondary N) is 1. The van der Waals surface area contributed by atoms with Crippen LogP contribution in [0.5, 0.6) is 0 Å². The predicted molar refractivity (Wildman–Crippen MR) is 81.3 cm³/mol. The Morgan fingerprint density at radius 2 is 1.84 bits per heavy atom. The molecule has 0 aliphatic carbocycles. The third-order valence-corrected chi connectivity index (χ3v) is 3.46. The Morgan fingerprint density at radius 1 is 1.16 bits per heavy atom. The predicted octanol–water partition coefficient (Wildman–Crippen LogP) is 3.36. The molecule has 3 nitrogen and oxygen atoms in total. The second-order valence-electron chi connectivity index (χ2n) is 5.49. The zero-order chi connectivity index (χ0) is 13.9. The van der Waals surface area contributed by atoms with E-state index < -0.39 is 0 Å². The Hall–Kier alpha value is -2.03. The molecule has 0 unspecified atom stereocenters. The van der Waals surface area contributed by atoms with Crippen LogP contribution in [0.25, 0.3) is 0 Å². The van der Waals surface area contributed by atoms with Crippen LogP contribution in [0, 0.1) is 6.92 Å². The van der Waals surface area contributed by atoms with Gasteiger partial charge in [-0.05, 0) is 24.1 Å². The number of pyridine rings is 1. The molecule has 1 aromatic carbocycles. The molecular formula is C16H21N3. The van der Waals surface area contributed by atoms with Crippen molar-refractivity contribution in [1.82, 2.24) is 4.98 Å². The van der Waals surface area contributed by atoms with Crippen LogP contribution in [-0.4, -0.2) is 11.5 Å². The van der Waals surface area contributed by atoms with Gasteiger partial charge in [-0.1, -0.05) is 44.2 Å². The van der Waals surface area contributed by atoms with Crippen LogP contribution < -0.4 is 11.1 Å². The fourth-order valence-electron chi connectivity index (χ4n) is 2.01. The molecule has 0 radical (unpaired) electrons. The van der Waals surface area contributed by atoms with Gasteiger partial charge in [0.25, 0.3) is 0 Å². The number of nitrogen functional groups attached to an aromatic ring is 1. The van der Waals surface area contributed by atoms with Crippen molar-refractivity contribution in [1.29, 1.82) is 0 Å². The summed E-state index contributed by atoms with van der Waals surface area (Å²) in [6.07, 6.45) is 1.78. The van der Waals surface area contributed by atoms with Crippen LogP contribution >= 0.6 is 0 Å². The van der Waals surface area contributed by atoms with Crippen molar-refractivity contribution in [3.8, 4) is 0 Å². The molecule has 1 aromatic heterocycles. The van der Waals surface area contributed by atoms with Crippen molar-refractivity contribution in [3.63, 3.8) is 0 Å². The van der Waals surface area contributed by atoms with Crippen LogP contribution in [0.4, 0.5) is 11.5 Å². The minimum absolute atomic E-state index is 0.0269. The molecule has 3 N–H and O–H groups in total. The number of hydrogen-bond donors (Lipinski definition) is 2. The lowest BCUT2D eigenvalue weighted by Crippen LogP contribution is -2.28. The molecule has 0 amide bonds. The average molecular weight is 255 g/mol. The lowest BCUT2D eigenvalue weighted by atomic mass is 9.84. The molecule has 2 aromatic rings. The van der Waals surface area contributed by atoms with Gasteiger partial charge in [-0.3, -0.25) is 0 Å². The van der Waals surface area contributed by atoms with Gasteiger partial charge in [-0.2, -0.15) is 0 Å². The average Bonchev–Trinajstić information content (AvgIpc) is 2.41. The van der Waals surface area contributed by atoms with E-state index in [1.807, 2.05) is 19.1 Å². The smallest absolute Gasteiger partial charge is 0.149 e. The first kappa shape index (κ1) is 13.4. The van der Waals surface area contributed by atoms with Crippen molar-refractivity contribution >= 4 is 11.5 Å². The maximum Gasteiger partial charge on any atom is 0.149 e. The minimum Gasteiger partial charge on any atom is -0.396 e. The van der Waals surface area contributed by atoms with E-state index in [0.29, 0.717) is 0 Å². The largest absolute Gasteiger partial charge is 0.396 e. The van der Waals surface area contributed by atoms with Gasteiger partial charge >= 0.3 is 0 Å². The Kier molecular flexibility index (Phi) is 3.74. The Labute approximate surface area is 114 Å². The van der Waals surface area contributed by atoms with Gasteiger partial charge in [-0.25, -0.2) is 4.98 Å². The van der Waals surface area contributed by atoms with Crippen molar-refractivity contribution in [3.05, 3.63) is 53.7 Å². The van der Waals surface area contributed by atoms with Crippen LogP contribution in [0.2, 0.25) is 0 Å². The molecular weight excluding hydrogens is 234 g/mol. The van der Waals surface area contributed by atoms with E-state index in [9.17, 15) is 0 Å². The summed E-state index contributed by atoms with van der Waals surface area (Å²) in [6, 6.07) is 12.4. The van der Waals surface area contributed by atoms with Gasteiger partial charge in [0, 0.05) is 18.2 Å². The maximum absolute atomic E-state index is 6.03. The van der Waals surface area contributed by atoms with Crippen molar-refractivity contribution in [2.75, 3.05) is 17.6 Å². The molecule has 0 fully saturated rings. The number of aryl methyl sites for hydroxylation is 1. The lowest BCUT2D eigenvalue weighted by molar-refractivity contribution is 0.556. The number of hydrogen-bond acceptors (Lipinski definition) is 3. The van der Waals surface area contributed by atoms with Gasteiger partial charge in [0.05, 0.1) is 5.69 Å². The monoisotopic (exact) mass is 255 g/mol. The zero-order valence-corrected chi connectivity index (χ0v) is 11.8. The molecule has 2 rings (SSSR count). The quantitative estimate of drug-likeness (QED) is 0.880. The van der Waals surface area contributed by atoms with Gasteiger partial charge in [0.2, 0.25) is 0 Å². The lowest BCUT2D eigenvalue weighted by Gasteiger charge is -2.26. The molecule has 19 heavy (non-hydrogen) atoms. The number of benzene rings is 1. The second-order valence-corrected chi connectivity index (χ2v) is 5.49. The number of nitrogens with zero attached hydrogens (tertiary/aromatic N) is 1. The highest BCUT2D eigenvalue weighted by Gasteiger charge is 2.20. The highest BCUT2D eigenvalue weighted by molar-refractivity contribution is 5.65. The van der Waals surface area contributed by atoms with Crippen molar-refractivity contribution < 1.29 is 0 Å². The summed E-state index contributed by atoms with van der Waals surface area (Å²) in [7, 11) is 0. The molecule has 3 heteroatoms. The summed E-state index contributed by atoms with van der Waals surface area (Å²) in [5.41, 5.74) is 9.13. The molecule has 0 spiro atoms. The van der Waals surface area contributed by atoms with Gasteiger partial charge in [0.1, 0.15) is 5.82 Å². The summed E-state index contributed by atoms with van der Waals surface area (Å²) in [4.78, 5) is 4.30. The van der Waals surface area contributed by atoms with E-state index in [2.05, 4.69) is 48.4 Å². The van der Waals surface area contributed by atoms with Gasteiger partial charge < -0.3 is 11.1 Å². The SMILES string of the molecule is Cc1ccnc(NCC(C)(C)c2ccccc2)c1N. The fourth-order valence-corrected chi connectivity index (χ4v) is 2.01. The van der Waals surface area contributed by atoms with E-state index >= 15 is 0 Å². The molecule has 0 saturated heterocycles. The minimum atomic E-state index is 0.0269. The summed E-state index contributed by atoms with van der Waals surface area (Å²) in [5, 5.41) is 3.36. The number of anilines is 2. The van der Waals surface area contributed by atoms with Crippen molar-refractivity contribution in [2.45, 2.75) is 26.2 Å². The van der Waals surface area contributed by atoms with E-state index in [1.54, 1.807) is 6.20 Å². The van der Waals surface area contributed by atoms with Crippen LogP contribution in [0.15, 0.2) is 42.6 Å². The molecule has 0 aliphatic heterocycles. The topological polar surface area (TPSA) is 50.9 Å². The van der Waals surface area contributed by atoms with Crippen LogP contribution in [0.3, 0.4) is 0 Å². The summed E-state index contributed by atoms with van der Waals surface area (Å²) in [6.45, 7) is 7.20. The maximum atomic E-state index is 6.03. The molecule has 100 valence electrons. The Bertz CT molecular complexity index is 547. The fraction of sp³-hybridized carbons (Fsp3) is 0.312. The van der Waals surface area contributed by atoms with Crippen LogP contribution in [-0.2, 0) is 5.41 Å². The third-order valence-electron chi connectivity index (χ3n) is 3.46. The summed E-state index contributed by atoms with van der Waals surface area (Å²) >= 11 is 0. The molecule has 0 atom stereocenters. The molecule has 1 heterocycles. The van der Waals surface area contributed by atoms with Gasteiger partial charge in [0.15, 0.2) is 0 Å². The first-order valence-corrected chi connectivity index (χ1v) is 6.51. The highest BCUT2D eigenvalue weighted by Crippen LogP contribution is 2.25. The normalized spacial score (nSPS) is 11.3. The Balaban J connectivity index is 2.12. The van der Waals surface area contributed by atoms with Crippen molar-refractivity contribution in [2.24, 2.45) is 0 Å². The number of rotatable bonds is 4. The first-order valence-electron chi connectivity index (χ1n) is 6.51. The number of aromatic nitrogens is 1. The zero-order valence-electron chi connectivity index (χ0n) is 11.8. The van der Waals surface area contributed by atoms with E-state index in [0.717, 1.165) is 23.6 Å². The first-order chi connectivity index (χ1) is 9.00. The number of nitrogens with two attached hydrogens (primary N) is 1. The summed E-state index contributed by atoms with van der Waals surface area (Å²) in [5.74, 6) is 0.768. The Morgan fingerprint density at radius 3 is 2.53 bits per heavy atom. The molecule has 0 saturated carbocycles. The third kappa shape index (κ3) is 3.05. The van der Waals surface area contributed by atoms with E-state index in [-0.39, 0.29) is 5.41 Å². The second kappa shape index (κ2) is 5.31. The summed E-state index contributed by atoms with van der Waals surface area (Å²) < 4.78 is 0. The molecule has 0 bridgehead atoms.